The summed E-state index contributed by atoms with van der Waals surface area (Å²) in [6.07, 6.45) is 5.30. The van der Waals surface area contributed by atoms with Crippen molar-refractivity contribution >= 4 is 16.8 Å². The predicted molar refractivity (Wildman–Crippen MR) is 139 cm³/mol. The fraction of sp³-hybridized carbons (Fsp3) is 0.214. The lowest BCUT2D eigenvalue weighted by Crippen LogP contribution is -2.37. The number of benzene rings is 2. The van der Waals surface area contributed by atoms with Crippen LogP contribution in [0.1, 0.15) is 18.5 Å². The van der Waals surface area contributed by atoms with E-state index in [0.29, 0.717) is 47.6 Å². The minimum Gasteiger partial charge on any atom is -0.457 e. The van der Waals surface area contributed by atoms with E-state index in [1.54, 1.807) is 15.7 Å². The number of amides is 1. The Bertz CT molecular complexity index is 1470. The second-order valence-corrected chi connectivity index (χ2v) is 8.72. The van der Waals surface area contributed by atoms with Crippen molar-refractivity contribution in [1.82, 2.24) is 24.9 Å². The van der Waals surface area contributed by atoms with Gasteiger partial charge in [-0.15, -0.1) is 6.58 Å². The van der Waals surface area contributed by atoms with Crippen molar-refractivity contribution in [1.29, 1.82) is 0 Å². The zero-order valence-corrected chi connectivity index (χ0v) is 19.9. The Labute approximate surface area is 208 Å². The highest BCUT2D eigenvalue weighted by Crippen LogP contribution is 2.32. The van der Waals surface area contributed by atoms with Crippen LogP contribution < -0.4 is 10.3 Å². The third-order valence-electron chi connectivity index (χ3n) is 6.41. The van der Waals surface area contributed by atoms with Gasteiger partial charge >= 0.3 is 0 Å². The van der Waals surface area contributed by atoms with E-state index in [2.05, 4.69) is 23.4 Å². The van der Waals surface area contributed by atoms with Crippen molar-refractivity contribution in [3.63, 3.8) is 0 Å². The molecule has 3 heterocycles. The zero-order chi connectivity index (χ0) is 25.1. The van der Waals surface area contributed by atoms with Crippen LogP contribution in [0.4, 0.5) is 0 Å². The molecule has 0 saturated carbocycles. The molecule has 4 aromatic rings. The number of fused-ring (bicyclic) bond motifs is 1. The number of para-hydroxylation sites is 1. The van der Waals surface area contributed by atoms with Gasteiger partial charge in [0.1, 0.15) is 22.7 Å². The second kappa shape index (κ2) is 10.0. The molecule has 1 N–H and O–H groups in total. The molecular formula is C28H27N5O3. The van der Waals surface area contributed by atoms with Crippen LogP contribution in [0, 0.1) is 0 Å². The second-order valence-electron chi connectivity index (χ2n) is 8.72. The van der Waals surface area contributed by atoms with Gasteiger partial charge in [-0.1, -0.05) is 30.9 Å². The minimum atomic E-state index is -0.319. The molecule has 1 aliphatic rings. The smallest absolute Gasteiger partial charge is 0.290 e. The van der Waals surface area contributed by atoms with E-state index in [4.69, 9.17) is 9.84 Å². The molecule has 2 aromatic carbocycles. The molecule has 8 heteroatoms. The average molecular weight is 482 g/mol. The van der Waals surface area contributed by atoms with Crippen molar-refractivity contribution < 1.29 is 9.53 Å². The van der Waals surface area contributed by atoms with Gasteiger partial charge < -0.3 is 9.64 Å². The first kappa shape index (κ1) is 23.3. The lowest BCUT2D eigenvalue weighted by molar-refractivity contribution is -0.127. The molecule has 1 saturated heterocycles. The van der Waals surface area contributed by atoms with E-state index < -0.39 is 0 Å². The first-order chi connectivity index (χ1) is 17.6. The highest BCUT2D eigenvalue weighted by molar-refractivity contribution is 5.94. The largest absolute Gasteiger partial charge is 0.457 e. The summed E-state index contributed by atoms with van der Waals surface area (Å²) in [5.41, 5.74) is 2.31. The molecule has 0 spiro atoms. The Morgan fingerprint density at radius 3 is 2.58 bits per heavy atom. The van der Waals surface area contributed by atoms with Crippen molar-refractivity contribution in [2.75, 3.05) is 6.54 Å². The number of allylic oxidation sites excluding steroid dienone is 1. The maximum Gasteiger partial charge on any atom is 0.290 e. The van der Waals surface area contributed by atoms with Gasteiger partial charge in [-0.05, 0) is 55.3 Å². The molecule has 1 amide bonds. The molecule has 1 atom stereocenters. The maximum absolute atomic E-state index is 13.0. The summed E-state index contributed by atoms with van der Waals surface area (Å²) in [6, 6.07) is 17.1. The third-order valence-corrected chi connectivity index (χ3v) is 6.41. The first-order valence-corrected chi connectivity index (χ1v) is 11.9. The standard InChI is InChI=1S/C28H27N5O3/c1-3-9-23-25-26(19-13-15-22(16-14-19)36-21-11-6-5-7-12-21)31-33(27(25)28(35)30-29-23)18-20-10-8-17-32(20)24(34)4-2/h3-7,11-16,20H,1-2,8-10,17-18H2,(H,30,35)/t20-/m0/s1. The van der Waals surface area contributed by atoms with Gasteiger partial charge in [0.05, 0.1) is 23.7 Å². The molecule has 8 nitrogen and oxygen atoms in total. The molecule has 0 aliphatic carbocycles. The molecule has 182 valence electrons. The Morgan fingerprint density at radius 2 is 1.86 bits per heavy atom. The summed E-state index contributed by atoms with van der Waals surface area (Å²) in [5, 5.41) is 12.5. The third kappa shape index (κ3) is 4.45. The highest BCUT2D eigenvalue weighted by Gasteiger charge is 2.29. The van der Waals surface area contributed by atoms with E-state index in [9.17, 15) is 9.59 Å². The number of carbonyl (C=O) groups excluding carboxylic acids is 1. The van der Waals surface area contributed by atoms with Gasteiger partial charge in [-0.2, -0.15) is 10.2 Å². The molecule has 2 aromatic heterocycles. The monoisotopic (exact) mass is 481 g/mol. The van der Waals surface area contributed by atoms with Crippen molar-refractivity contribution in [2.45, 2.75) is 31.8 Å². The Morgan fingerprint density at radius 1 is 1.11 bits per heavy atom. The fourth-order valence-electron chi connectivity index (χ4n) is 4.75. The van der Waals surface area contributed by atoms with E-state index in [1.807, 2.05) is 54.6 Å². The topological polar surface area (TPSA) is 93.1 Å². The molecule has 36 heavy (non-hydrogen) atoms. The number of carbonyl (C=O) groups is 1. The summed E-state index contributed by atoms with van der Waals surface area (Å²) in [4.78, 5) is 27.1. The summed E-state index contributed by atoms with van der Waals surface area (Å²) < 4.78 is 7.64. The van der Waals surface area contributed by atoms with Crippen LogP contribution in [-0.2, 0) is 17.8 Å². The van der Waals surface area contributed by atoms with Crippen LogP contribution in [0.15, 0.2) is 84.7 Å². The fourth-order valence-corrected chi connectivity index (χ4v) is 4.75. The van der Waals surface area contributed by atoms with Gasteiger partial charge in [0, 0.05) is 18.5 Å². The predicted octanol–water partition coefficient (Wildman–Crippen LogP) is 4.48. The van der Waals surface area contributed by atoms with Crippen molar-refractivity contribution in [3.8, 4) is 22.8 Å². The van der Waals surface area contributed by atoms with Crippen LogP contribution >= 0.6 is 0 Å². The molecule has 0 radical (unpaired) electrons. The maximum atomic E-state index is 13.0. The Balaban J connectivity index is 1.56. The van der Waals surface area contributed by atoms with Crippen LogP contribution in [-0.4, -0.2) is 43.4 Å². The minimum absolute atomic E-state index is 0.0662. The number of hydrogen-bond acceptors (Lipinski definition) is 5. The number of nitrogens with zero attached hydrogens (tertiary/aromatic N) is 4. The molecular weight excluding hydrogens is 454 g/mol. The number of hydrogen-bond donors (Lipinski definition) is 1. The van der Waals surface area contributed by atoms with Gasteiger partial charge in [-0.25, -0.2) is 5.10 Å². The van der Waals surface area contributed by atoms with E-state index in [0.717, 1.165) is 24.2 Å². The summed E-state index contributed by atoms with van der Waals surface area (Å²) in [7, 11) is 0. The number of aromatic nitrogens is 4. The average Bonchev–Trinajstić information content (AvgIpc) is 3.52. The van der Waals surface area contributed by atoms with Gasteiger partial charge in [0.25, 0.3) is 5.56 Å². The van der Waals surface area contributed by atoms with Gasteiger partial charge in [0.15, 0.2) is 0 Å². The number of nitrogens with one attached hydrogen (secondary N) is 1. The van der Waals surface area contributed by atoms with Crippen LogP contribution in [0.5, 0.6) is 11.5 Å². The molecule has 1 fully saturated rings. The van der Waals surface area contributed by atoms with Crippen LogP contribution in [0.25, 0.3) is 22.2 Å². The summed E-state index contributed by atoms with van der Waals surface area (Å²) in [5.74, 6) is 1.34. The van der Waals surface area contributed by atoms with Crippen LogP contribution in [0.2, 0.25) is 0 Å². The van der Waals surface area contributed by atoms with E-state index >= 15 is 0 Å². The quantitative estimate of drug-likeness (QED) is 0.296. The Kier molecular flexibility index (Phi) is 6.49. The van der Waals surface area contributed by atoms with Crippen molar-refractivity contribution in [3.05, 3.63) is 96.0 Å². The first-order valence-electron chi connectivity index (χ1n) is 11.9. The lowest BCUT2D eigenvalue weighted by Gasteiger charge is -2.23. The van der Waals surface area contributed by atoms with Crippen molar-refractivity contribution in [2.24, 2.45) is 0 Å². The number of H-pyrrole nitrogens is 1. The number of ether oxygens (including phenoxy) is 1. The van der Waals surface area contributed by atoms with Gasteiger partial charge in [0.2, 0.25) is 5.91 Å². The number of rotatable bonds is 8. The van der Waals surface area contributed by atoms with Gasteiger partial charge in [-0.3, -0.25) is 14.3 Å². The number of likely N-dealkylation sites (tertiary alicyclic amines) is 1. The summed E-state index contributed by atoms with van der Waals surface area (Å²) in [6.45, 7) is 8.54. The normalized spacial score (nSPS) is 15.2. The van der Waals surface area contributed by atoms with Crippen LogP contribution in [0.3, 0.4) is 0 Å². The van der Waals surface area contributed by atoms with E-state index in [1.165, 1.54) is 6.08 Å². The molecule has 5 rings (SSSR count). The molecule has 1 aliphatic heterocycles. The number of aromatic amines is 1. The lowest BCUT2D eigenvalue weighted by atomic mass is 10.1. The molecule has 0 unspecified atom stereocenters. The Hall–Kier alpha value is -4.46. The zero-order valence-electron chi connectivity index (χ0n) is 19.9. The highest BCUT2D eigenvalue weighted by atomic mass is 16.5. The molecule has 0 bridgehead atoms. The van der Waals surface area contributed by atoms with E-state index in [-0.39, 0.29) is 17.5 Å². The summed E-state index contributed by atoms with van der Waals surface area (Å²) >= 11 is 0. The SMILES string of the molecule is C=CCc1n[nH]c(=O)c2c1c(-c1ccc(Oc3ccccc3)cc1)nn2C[C@@H]1CCCN1C(=O)C=C.